The Kier molecular flexibility index (Phi) is 12.4. The van der Waals surface area contributed by atoms with Gasteiger partial charge in [-0.3, -0.25) is 13.9 Å². The number of sulfonamides is 1. The summed E-state index contributed by atoms with van der Waals surface area (Å²) in [5.74, 6) is -0.516. The first kappa shape index (κ1) is 34.8. The molecule has 2 N–H and O–H groups in total. The van der Waals surface area contributed by atoms with Crippen LogP contribution in [0.5, 0.6) is 0 Å². The largest absolute Gasteiger partial charge is 0.395 e. The van der Waals surface area contributed by atoms with Crippen LogP contribution in [0.3, 0.4) is 0 Å². The van der Waals surface area contributed by atoms with Crippen molar-refractivity contribution in [2.45, 2.75) is 44.6 Å². The van der Waals surface area contributed by atoms with Gasteiger partial charge in [0.25, 0.3) is 0 Å². The predicted molar refractivity (Wildman–Crippen MR) is 185 cm³/mol. The summed E-state index contributed by atoms with van der Waals surface area (Å²) in [6.07, 6.45) is 2.76. The molecule has 0 aliphatic rings. The summed E-state index contributed by atoms with van der Waals surface area (Å²) < 4.78 is 26.0. The average molecular weight is 641 g/mol. The molecule has 0 amide bonds. The van der Waals surface area contributed by atoms with E-state index in [4.69, 9.17) is 0 Å². The number of benzene rings is 4. The number of nitrogens with one attached hydrogen (secondary N) is 1. The van der Waals surface area contributed by atoms with E-state index in [0.717, 1.165) is 27.3 Å². The monoisotopic (exact) mass is 640 g/mol. The third-order valence-electron chi connectivity index (χ3n) is 8.36. The van der Waals surface area contributed by atoms with E-state index in [0.29, 0.717) is 30.5 Å². The van der Waals surface area contributed by atoms with Crippen LogP contribution in [0.1, 0.15) is 63.1 Å². The van der Waals surface area contributed by atoms with Crippen molar-refractivity contribution in [2.24, 2.45) is 5.92 Å². The lowest BCUT2D eigenvalue weighted by Gasteiger charge is -2.23. The van der Waals surface area contributed by atoms with Gasteiger partial charge < -0.3 is 10.4 Å². The van der Waals surface area contributed by atoms with Crippen molar-refractivity contribution < 1.29 is 23.1 Å². The number of nitrogens with zero attached hydrogens (tertiary/aromatic N) is 1. The Labute approximate surface area is 273 Å². The van der Waals surface area contributed by atoms with E-state index in [9.17, 15) is 23.1 Å². The zero-order valence-electron chi connectivity index (χ0n) is 26.8. The number of carbonyl (C=O) groups is 2. The molecule has 0 saturated carbocycles. The first-order valence-electron chi connectivity index (χ1n) is 15.7. The number of hydrogen-bond acceptors (Lipinski definition) is 6. The minimum absolute atomic E-state index is 0.0480. The maximum absolute atomic E-state index is 13.9. The molecule has 0 saturated heterocycles. The molecule has 0 aromatic heterocycles. The van der Waals surface area contributed by atoms with Crippen molar-refractivity contribution >= 4 is 27.3 Å². The van der Waals surface area contributed by atoms with Crippen molar-refractivity contribution in [3.63, 3.8) is 0 Å². The standard InChI is InChI=1S/C38H44N2O5S/c1-28(32-17-11-6-12-18-32)19-37(42)33-23-34(25-36(24-33)40(2)46(3,44)45)38(43)22-31(20-29-13-7-4-8-14-29)26-39-35(27-41)21-30-15-9-5-10-16-30/h4-18,23-25,28,31,35,39,41H,19-22,26-27H2,1-3H3/t28-,31+,35-/m0/s1. The number of anilines is 1. The zero-order chi connectivity index (χ0) is 33.1. The highest BCUT2D eigenvalue weighted by Gasteiger charge is 2.23. The molecule has 0 radical (unpaired) electrons. The number of ketones is 2. The fourth-order valence-corrected chi connectivity index (χ4v) is 6.07. The first-order chi connectivity index (χ1) is 22.0. The summed E-state index contributed by atoms with van der Waals surface area (Å²) in [6, 6.07) is 34.1. The maximum atomic E-state index is 13.9. The lowest BCUT2D eigenvalue weighted by atomic mass is 9.89. The predicted octanol–water partition coefficient (Wildman–Crippen LogP) is 6.08. The summed E-state index contributed by atoms with van der Waals surface area (Å²) in [6.45, 7) is 2.42. The Balaban J connectivity index is 1.58. The van der Waals surface area contributed by atoms with E-state index in [1.54, 1.807) is 18.2 Å². The van der Waals surface area contributed by atoms with E-state index in [2.05, 4.69) is 5.32 Å². The molecular formula is C38H44N2O5S. The van der Waals surface area contributed by atoms with Crippen LogP contribution in [0.15, 0.2) is 109 Å². The highest BCUT2D eigenvalue weighted by Crippen LogP contribution is 2.27. The highest BCUT2D eigenvalue weighted by molar-refractivity contribution is 7.92. The van der Waals surface area contributed by atoms with Gasteiger partial charge in [0.1, 0.15) is 0 Å². The molecule has 46 heavy (non-hydrogen) atoms. The van der Waals surface area contributed by atoms with Crippen LogP contribution in [0.25, 0.3) is 0 Å². The third kappa shape index (κ3) is 10.2. The summed E-state index contributed by atoms with van der Waals surface area (Å²) in [4.78, 5) is 27.5. The normalized spacial score (nSPS) is 13.5. The second-order valence-corrected chi connectivity index (χ2v) is 14.1. The van der Waals surface area contributed by atoms with E-state index in [1.807, 2.05) is 97.9 Å². The van der Waals surface area contributed by atoms with E-state index < -0.39 is 10.0 Å². The fourth-order valence-electron chi connectivity index (χ4n) is 5.58. The number of carbonyl (C=O) groups excluding carboxylic acids is 2. The Morgan fingerprint density at radius 2 is 1.26 bits per heavy atom. The Morgan fingerprint density at radius 3 is 1.78 bits per heavy atom. The Hall–Kier alpha value is -4.11. The topological polar surface area (TPSA) is 104 Å². The lowest BCUT2D eigenvalue weighted by Crippen LogP contribution is -2.38. The second kappa shape index (κ2) is 16.5. The van der Waals surface area contributed by atoms with Gasteiger partial charge in [-0.2, -0.15) is 0 Å². The van der Waals surface area contributed by atoms with Crippen molar-refractivity contribution in [3.8, 4) is 0 Å². The quantitative estimate of drug-likeness (QED) is 0.136. The number of Topliss-reactive ketones (excluding diaryl/α,β-unsaturated/α-hetero) is 2. The van der Waals surface area contributed by atoms with Gasteiger partial charge in [0.15, 0.2) is 11.6 Å². The molecule has 0 fully saturated rings. The zero-order valence-corrected chi connectivity index (χ0v) is 27.6. The molecule has 0 aliphatic carbocycles. The van der Waals surface area contributed by atoms with E-state index in [1.165, 1.54) is 7.05 Å². The van der Waals surface area contributed by atoms with Crippen LogP contribution in [-0.2, 0) is 22.9 Å². The van der Waals surface area contributed by atoms with Crippen molar-refractivity contribution in [1.29, 1.82) is 0 Å². The summed E-state index contributed by atoms with van der Waals surface area (Å²) in [5.41, 5.74) is 4.09. The molecule has 4 rings (SSSR count). The molecule has 3 atom stereocenters. The van der Waals surface area contributed by atoms with Gasteiger partial charge in [0.05, 0.1) is 18.6 Å². The van der Waals surface area contributed by atoms with Gasteiger partial charge in [-0.05, 0) is 66.1 Å². The molecule has 8 heteroatoms. The van der Waals surface area contributed by atoms with Crippen LogP contribution in [0.2, 0.25) is 0 Å². The highest BCUT2D eigenvalue weighted by atomic mass is 32.2. The van der Waals surface area contributed by atoms with Crippen LogP contribution in [0, 0.1) is 5.92 Å². The van der Waals surface area contributed by atoms with Gasteiger partial charge in [0, 0.05) is 37.1 Å². The fraction of sp³-hybridized carbons (Fsp3) is 0.316. The van der Waals surface area contributed by atoms with Crippen molar-refractivity contribution in [1.82, 2.24) is 5.32 Å². The Bertz CT molecular complexity index is 1680. The molecule has 7 nitrogen and oxygen atoms in total. The molecule has 4 aromatic rings. The van der Waals surface area contributed by atoms with E-state index >= 15 is 0 Å². The maximum Gasteiger partial charge on any atom is 0.231 e. The number of aliphatic hydroxyl groups is 1. The summed E-state index contributed by atoms with van der Waals surface area (Å²) in [5, 5.41) is 13.6. The number of aliphatic hydroxyl groups excluding tert-OH is 1. The van der Waals surface area contributed by atoms with Gasteiger partial charge in [0.2, 0.25) is 10.0 Å². The van der Waals surface area contributed by atoms with Crippen LogP contribution < -0.4 is 9.62 Å². The molecular weight excluding hydrogens is 596 g/mol. The minimum Gasteiger partial charge on any atom is -0.395 e. The van der Waals surface area contributed by atoms with Crippen LogP contribution in [-0.4, -0.2) is 57.6 Å². The molecule has 4 aromatic carbocycles. The molecule has 0 bridgehead atoms. The summed E-state index contributed by atoms with van der Waals surface area (Å²) >= 11 is 0. The van der Waals surface area contributed by atoms with E-state index in [-0.39, 0.29) is 54.6 Å². The first-order valence-corrected chi connectivity index (χ1v) is 17.5. The third-order valence-corrected chi connectivity index (χ3v) is 9.57. The second-order valence-electron chi connectivity index (χ2n) is 12.1. The molecule has 242 valence electrons. The number of rotatable bonds is 17. The molecule has 0 aliphatic heterocycles. The number of hydrogen-bond donors (Lipinski definition) is 2. The van der Waals surface area contributed by atoms with Gasteiger partial charge in [-0.15, -0.1) is 0 Å². The Morgan fingerprint density at radius 1 is 0.761 bits per heavy atom. The lowest BCUT2D eigenvalue weighted by molar-refractivity contribution is 0.0958. The summed E-state index contributed by atoms with van der Waals surface area (Å²) in [7, 11) is -2.22. The average Bonchev–Trinajstić information content (AvgIpc) is 3.06. The molecule has 0 spiro atoms. The smallest absolute Gasteiger partial charge is 0.231 e. The van der Waals surface area contributed by atoms with Crippen LogP contribution >= 0.6 is 0 Å². The minimum atomic E-state index is -3.64. The molecule has 0 heterocycles. The van der Waals surface area contributed by atoms with Gasteiger partial charge in [-0.25, -0.2) is 8.42 Å². The van der Waals surface area contributed by atoms with Crippen molar-refractivity contribution in [2.75, 3.05) is 30.8 Å². The SMILES string of the molecule is C[C@@H](CC(=O)c1cc(C(=O)C[C@H](CN[C@H](CO)Cc2ccccc2)Cc2ccccc2)cc(N(C)S(C)(=O)=O)c1)c1ccccc1. The van der Waals surface area contributed by atoms with Crippen molar-refractivity contribution in [3.05, 3.63) is 137 Å². The van der Waals surface area contributed by atoms with Crippen LogP contribution in [0.4, 0.5) is 5.69 Å². The van der Waals surface area contributed by atoms with Gasteiger partial charge >= 0.3 is 0 Å². The molecule has 0 unspecified atom stereocenters. The van der Waals surface area contributed by atoms with Gasteiger partial charge in [-0.1, -0.05) is 97.9 Å².